The van der Waals surface area contributed by atoms with Crippen molar-refractivity contribution in [2.45, 2.75) is 27.7 Å². The second-order valence-corrected chi connectivity index (χ2v) is 5.40. The fourth-order valence-electron chi connectivity index (χ4n) is 2.57. The van der Waals surface area contributed by atoms with Gasteiger partial charge < -0.3 is 10.2 Å². The number of nitrogens with one attached hydrogen (secondary N) is 1. The predicted molar refractivity (Wildman–Crippen MR) is 91.7 cm³/mol. The number of amides is 1. The van der Waals surface area contributed by atoms with Gasteiger partial charge in [0.1, 0.15) is 5.69 Å². The maximum atomic E-state index is 12.4. The summed E-state index contributed by atoms with van der Waals surface area (Å²) in [6.45, 7) is 10.0. The van der Waals surface area contributed by atoms with Crippen molar-refractivity contribution in [1.82, 2.24) is 4.98 Å². The van der Waals surface area contributed by atoms with Gasteiger partial charge in [-0.25, -0.2) is 0 Å². The molecular formula is C18H23N3O. The Bertz CT molecular complexity index is 643. The van der Waals surface area contributed by atoms with Crippen LogP contribution in [0, 0.1) is 13.8 Å². The third kappa shape index (κ3) is 3.85. The average Bonchev–Trinajstić information content (AvgIpc) is 2.47. The summed E-state index contributed by atoms with van der Waals surface area (Å²) in [4.78, 5) is 18.8. The van der Waals surface area contributed by atoms with E-state index in [1.165, 1.54) is 0 Å². The molecule has 1 aromatic heterocycles. The second kappa shape index (κ2) is 7.07. The lowest BCUT2D eigenvalue weighted by Crippen LogP contribution is -2.23. The van der Waals surface area contributed by atoms with Gasteiger partial charge in [0, 0.05) is 30.7 Å². The van der Waals surface area contributed by atoms with E-state index in [2.05, 4.69) is 35.1 Å². The minimum Gasteiger partial charge on any atom is -0.372 e. The van der Waals surface area contributed by atoms with Gasteiger partial charge >= 0.3 is 0 Å². The highest BCUT2D eigenvalue weighted by Crippen LogP contribution is 2.17. The molecule has 22 heavy (non-hydrogen) atoms. The molecule has 0 radical (unpaired) electrons. The third-order valence-corrected chi connectivity index (χ3v) is 3.58. The topological polar surface area (TPSA) is 45.2 Å². The Balaban J connectivity index is 2.20. The van der Waals surface area contributed by atoms with Crippen LogP contribution in [0.4, 0.5) is 11.4 Å². The SMILES string of the molecule is CCN(CC)c1ccnc(C(=O)Nc2cc(C)cc(C)c2)c1. The Labute approximate surface area is 132 Å². The van der Waals surface area contributed by atoms with Crippen LogP contribution in [0.1, 0.15) is 35.5 Å². The number of pyridine rings is 1. The van der Waals surface area contributed by atoms with E-state index in [1.807, 2.05) is 38.1 Å². The molecule has 116 valence electrons. The molecule has 0 aliphatic rings. The van der Waals surface area contributed by atoms with E-state index in [4.69, 9.17) is 0 Å². The van der Waals surface area contributed by atoms with Gasteiger partial charge in [-0.05, 0) is 63.1 Å². The molecule has 0 saturated carbocycles. The highest BCUT2D eigenvalue weighted by molar-refractivity contribution is 6.03. The van der Waals surface area contributed by atoms with Crippen LogP contribution in [0.2, 0.25) is 0 Å². The van der Waals surface area contributed by atoms with Crippen LogP contribution in [-0.2, 0) is 0 Å². The number of carbonyl (C=O) groups is 1. The Morgan fingerprint density at radius 3 is 2.32 bits per heavy atom. The Morgan fingerprint density at radius 1 is 1.09 bits per heavy atom. The molecule has 0 bridgehead atoms. The van der Waals surface area contributed by atoms with Gasteiger partial charge in [0.2, 0.25) is 0 Å². The van der Waals surface area contributed by atoms with E-state index >= 15 is 0 Å². The first-order valence-corrected chi connectivity index (χ1v) is 7.64. The lowest BCUT2D eigenvalue weighted by Gasteiger charge is -2.21. The number of aromatic nitrogens is 1. The van der Waals surface area contributed by atoms with Gasteiger partial charge in [-0.1, -0.05) is 6.07 Å². The molecule has 0 aliphatic carbocycles. The van der Waals surface area contributed by atoms with Crippen LogP contribution in [0.3, 0.4) is 0 Å². The fraction of sp³-hybridized carbons (Fsp3) is 0.333. The summed E-state index contributed by atoms with van der Waals surface area (Å²) in [7, 11) is 0. The standard InChI is InChI=1S/C18H23N3O/c1-5-21(6-2)16-7-8-19-17(12-16)18(22)20-15-10-13(3)9-14(4)11-15/h7-12H,5-6H2,1-4H3,(H,20,22). The monoisotopic (exact) mass is 297 g/mol. The van der Waals surface area contributed by atoms with E-state index in [0.29, 0.717) is 5.69 Å². The zero-order valence-electron chi connectivity index (χ0n) is 13.7. The van der Waals surface area contributed by atoms with E-state index in [9.17, 15) is 4.79 Å². The number of carbonyl (C=O) groups excluding carboxylic acids is 1. The predicted octanol–water partition coefficient (Wildman–Crippen LogP) is 3.80. The van der Waals surface area contributed by atoms with E-state index in [-0.39, 0.29) is 5.91 Å². The third-order valence-electron chi connectivity index (χ3n) is 3.58. The molecule has 0 fully saturated rings. The van der Waals surface area contributed by atoms with Crippen molar-refractivity contribution in [2.24, 2.45) is 0 Å². The fourth-order valence-corrected chi connectivity index (χ4v) is 2.57. The summed E-state index contributed by atoms with van der Waals surface area (Å²) in [6, 6.07) is 9.76. The van der Waals surface area contributed by atoms with Crippen LogP contribution in [0.15, 0.2) is 36.5 Å². The Hall–Kier alpha value is -2.36. The van der Waals surface area contributed by atoms with Crippen molar-refractivity contribution >= 4 is 17.3 Å². The van der Waals surface area contributed by atoms with Crippen LogP contribution in [-0.4, -0.2) is 24.0 Å². The zero-order chi connectivity index (χ0) is 16.1. The average molecular weight is 297 g/mol. The Kier molecular flexibility index (Phi) is 5.15. The number of anilines is 2. The molecule has 1 N–H and O–H groups in total. The summed E-state index contributed by atoms with van der Waals surface area (Å²) < 4.78 is 0. The molecule has 0 unspecified atom stereocenters. The number of hydrogen-bond donors (Lipinski definition) is 1. The summed E-state index contributed by atoms with van der Waals surface area (Å²) in [5, 5.41) is 2.92. The Morgan fingerprint density at radius 2 is 1.73 bits per heavy atom. The van der Waals surface area contributed by atoms with Crippen molar-refractivity contribution in [1.29, 1.82) is 0 Å². The van der Waals surface area contributed by atoms with Crippen LogP contribution in [0.5, 0.6) is 0 Å². The normalized spacial score (nSPS) is 10.4. The molecule has 1 amide bonds. The lowest BCUT2D eigenvalue weighted by molar-refractivity contribution is 0.102. The quantitative estimate of drug-likeness (QED) is 0.913. The maximum absolute atomic E-state index is 12.4. The summed E-state index contributed by atoms with van der Waals surface area (Å²) >= 11 is 0. The molecule has 2 rings (SSSR count). The van der Waals surface area contributed by atoms with Gasteiger partial charge in [-0.2, -0.15) is 0 Å². The lowest BCUT2D eigenvalue weighted by atomic mass is 10.1. The maximum Gasteiger partial charge on any atom is 0.274 e. The van der Waals surface area contributed by atoms with Crippen molar-refractivity contribution in [2.75, 3.05) is 23.3 Å². The molecule has 1 heterocycles. The van der Waals surface area contributed by atoms with Crippen molar-refractivity contribution < 1.29 is 4.79 Å². The van der Waals surface area contributed by atoms with Crippen molar-refractivity contribution in [3.63, 3.8) is 0 Å². The molecule has 0 spiro atoms. The van der Waals surface area contributed by atoms with Crippen LogP contribution < -0.4 is 10.2 Å². The van der Waals surface area contributed by atoms with Crippen LogP contribution in [0.25, 0.3) is 0 Å². The van der Waals surface area contributed by atoms with E-state index < -0.39 is 0 Å². The van der Waals surface area contributed by atoms with Gasteiger partial charge in [0.05, 0.1) is 0 Å². The first kappa shape index (κ1) is 16.0. The molecule has 0 saturated heterocycles. The number of aryl methyl sites for hydroxylation is 2. The number of rotatable bonds is 5. The zero-order valence-corrected chi connectivity index (χ0v) is 13.7. The van der Waals surface area contributed by atoms with E-state index in [1.54, 1.807) is 6.20 Å². The van der Waals surface area contributed by atoms with Crippen molar-refractivity contribution in [3.8, 4) is 0 Å². The second-order valence-electron chi connectivity index (χ2n) is 5.40. The minimum atomic E-state index is -0.181. The summed E-state index contributed by atoms with van der Waals surface area (Å²) in [6.07, 6.45) is 1.68. The van der Waals surface area contributed by atoms with E-state index in [0.717, 1.165) is 35.6 Å². The van der Waals surface area contributed by atoms with Gasteiger partial charge in [0.15, 0.2) is 0 Å². The largest absolute Gasteiger partial charge is 0.372 e. The summed E-state index contributed by atoms with van der Waals surface area (Å²) in [5.74, 6) is -0.181. The molecular weight excluding hydrogens is 274 g/mol. The highest BCUT2D eigenvalue weighted by Gasteiger charge is 2.11. The molecule has 4 heteroatoms. The van der Waals surface area contributed by atoms with Gasteiger partial charge in [-0.3, -0.25) is 9.78 Å². The summed E-state index contributed by atoms with van der Waals surface area (Å²) in [5.41, 5.74) is 4.51. The van der Waals surface area contributed by atoms with Crippen LogP contribution >= 0.6 is 0 Å². The van der Waals surface area contributed by atoms with Gasteiger partial charge in [0.25, 0.3) is 5.91 Å². The molecule has 2 aromatic rings. The number of benzene rings is 1. The number of nitrogens with zero attached hydrogens (tertiary/aromatic N) is 2. The molecule has 0 atom stereocenters. The highest BCUT2D eigenvalue weighted by atomic mass is 16.1. The van der Waals surface area contributed by atoms with Gasteiger partial charge in [-0.15, -0.1) is 0 Å². The molecule has 1 aromatic carbocycles. The molecule has 0 aliphatic heterocycles. The number of hydrogen-bond acceptors (Lipinski definition) is 3. The van der Waals surface area contributed by atoms with Crippen molar-refractivity contribution in [3.05, 3.63) is 53.3 Å². The first-order valence-electron chi connectivity index (χ1n) is 7.64. The minimum absolute atomic E-state index is 0.181. The first-order chi connectivity index (χ1) is 10.5. The smallest absolute Gasteiger partial charge is 0.274 e. The molecule has 4 nitrogen and oxygen atoms in total.